The van der Waals surface area contributed by atoms with Crippen LogP contribution in [0.25, 0.3) is 33.1 Å². The van der Waals surface area contributed by atoms with Gasteiger partial charge in [-0.2, -0.15) is 0 Å². The average molecular weight is 891 g/mol. The fraction of sp³-hybridized carbons (Fsp3) is 0.520. The number of ether oxygens (including phenoxy) is 4. The third-order valence-corrected chi connectivity index (χ3v) is 13.6. The highest BCUT2D eigenvalue weighted by Crippen LogP contribution is 2.56. The Labute approximate surface area is 371 Å². The Morgan fingerprint density at radius 2 is 0.887 bits per heavy atom. The van der Waals surface area contributed by atoms with E-state index in [1.807, 2.05) is 42.5 Å². The fourth-order valence-corrected chi connectivity index (χ4v) is 9.96. The van der Waals surface area contributed by atoms with Crippen molar-refractivity contribution in [2.75, 3.05) is 41.7 Å². The molecule has 62 heavy (non-hydrogen) atoms. The Morgan fingerprint density at radius 1 is 0.516 bits per heavy atom. The Kier molecular flexibility index (Phi) is 13.4. The number of fused-ring (bicyclic) bond motifs is 3. The number of rotatable bonds is 11. The molecule has 1 aliphatic heterocycles. The SMILES string of the molecule is CCC(C)(C)c1cc(OC)cc(-c2cc(OC)cc(C(C)(C)C)c2OP2OCC(C)(C)CO2)c1Op1oc2c(C(C)(C)C)cc(OC)cc2c2cc(OC)cc(C(C)(C)C)c2o1. The second kappa shape index (κ2) is 17.5. The van der Waals surface area contributed by atoms with Gasteiger partial charge in [-0.05, 0) is 76.6 Å². The van der Waals surface area contributed by atoms with Crippen LogP contribution in [0.3, 0.4) is 0 Å². The van der Waals surface area contributed by atoms with Gasteiger partial charge < -0.3 is 45.4 Å². The van der Waals surface area contributed by atoms with E-state index in [0.717, 1.165) is 45.0 Å². The van der Waals surface area contributed by atoms with Crippen molar-refractivity contribution in [3.05, 3.63) is 70.8 Å². The van der Waals surface area contributed by atoms with Crippen LogP contribution in [0.5, 0.6) is 34.5 Å². The smallest absolute Gasteiger partial charge is 0.453 e. The van der Waals surface area contributed by atoms with Crippen LogP contribution in [0, 0.1) is 5.41 Å². The summed E-state index contributed by atoms with van der Waals surface area (Å²) in [6.45, 7) is 31.3. The van der Waals surface area contributed by atoms with Gasteiger partial charge >= 0.3 is 16.8 Å². The number of hydrogen-bond acceptors (Lipinski definition) is 10. The summed E-state index contributed by atoms with van der Waals surface area (Å²) in [6, 6.07) is 16.2. The molecule has 0 spiro atoms. The molecule has 0 atom stereocenters. The summed E-state index contributed by atoms with van der Waals surface area (Å²) in [6.07, 6.45) is 0.792. The third-order valence-electron chi connectivity index (χ3n) is 11.6. The van der Waals surface area contributed by atoms with Gasteiger partial charge in [0.2, 0.25) is 0 Å². The monoisotopic (exact) mass is 890 g/mol. The van der Waals surface area contributed by atoms with Gasteiger partial charge in [0.1, 0.15) is 45.7 Å². The predicted octanol–water partition coefficient (Wildman–Crippen LogP) is 15.1. The zero-order chi connectivity index (χ0) is 45.7. The van der Waals surface area contributed by atoms with Crippen LogP contribution in [0.2, 0.25) is 0 Å². The average Bonchev–Trinajstić information content (AvgIpc) is 3.35. The Morgan fingerprint density at radius 3 is 1.27 bits per heavy atom. The summed E-state index contributed by atoms with van der Waals surface area (Å²) in [7, 11) is 2.78. The molecule has 0 N–H and O–H groups in total. The van der Waals surface area contributed by atoms with Crippen LogP contribution in [0.4, 0.5) is 0 Å². The van der Waals surface area contributed by atoms with Crippen molar-refractivity contribution in [3.63, 3.8) is 0 Å². The van der Waals surface area contributed by atoms with E-state index < -0.39 is 22.3 Å². The summed E-state index contributed by atoms with van der Waals surface area (Å²) in [4.78, 5) is 0. The largest absolute Gasteiger partial charge is 0.497 e. The van der Waals surface area contributed by atoms with E-state index in [4.69, 9.17) is 45.4 Å². The van der Waals surface area contributed by atoms with Gasteiger partial charge in [0.25, 0.3) is 0 Å². The maximum Gasteiger partial charge on any atom is 0.453 e. The van der Waals surface area contributed by atoms with E-state index in [-0.39, 0.29) is 21.7 Å². The molecule has 0 radical (unpaired) electrons. The zero-order valence-electron chi connectivity index (χ0n) is 40.2. The van der Waals surface area contributed by atoms with Gasteiger partial charge in [-0.15, -0.1) is 0 Å². The summed E-state index contributed by atoms with van der Waals surface area (Å²) >= 11 is 0. The summed E-state index contributed by atoms with van der Waals surface area (Å²) < 4.78 is 65.2. The van der Waals surface area contributed by atoms with Gasteiger partial charge in [-0.25, -0.2) is 0 Å². The molecule has 12 heteroatoms. The van der Waals surface area contributed by atoms with E-state index in [1.54, 1.807) is 28.4 Å². The first-order valence-corrected chi connectivity index (χ1v) is 23.5. The van der Waals surface area contributed by atoms with Crippen molar-refractivity contribution in [2.24, 2.45) is 5.41 Å². The minimum atomic E-state index is -2.21. The summed E-state index contributed by atoms with van der Waals surface area (Å²) in [5.74, 6) is 3.90. The summed E-state index contributed by atoms with van der Waals surface area (Å²) in [5.41, 5.74) is 4.83. The van der Waals surface area contributed by atoms with Crippen molar-refractivity contribution in [3.8, 4) is 45.6 Å². The molecule has 10 nitrogen and oxygen atoms in total. The van der Waals surface area contributed by atoms with E-state index in [0.29, 0.717) is 64.4 Å². The van der Waals surface area contributed by atoms with Crippen LogP contribution in [-0.4, -0.2) is 41.7 Å². The van der Waals surface area contributed by atoms with Gasteiger partial charge in [-0.1, -0.05) is 96.9 Å². The predicted molar refractivity (Wildman–Crippen MR) is 253 cm³/mol. The van der Waals surface area contributed by atoms with E-state index in [2.05, 4.69) is 103 Å². The quantitative estimate of drug-likeness (QED) is 0.119. The maximum atomic E-state index is 7.42. The number of benzene rings is 4. The molecule has 4 aromatic carbocycles. The molecule has 0 bridgehead atoms. The maximum absolute atomic E-state index is 7.42. The molecule has 0 aliphatic carbocycles. The first kappa shape index (κ1) is 47.4. The minimum absolute atomic E-state index is 0.139. The van der Waals surface area contributed by atoms with Gasteiger partial charge in [-0.3, -0.25) is 0 Å². The molecule has 0 amide bonds. The number of methoxy groups -OCH3 is 4. The molecular formula is C50H68O10P2. The van der Waals surface area contributed by atoms with Gasteiger partial charge in [0.15, 0.2) is 0 Å². The molecule has 0 unspecified atom stereocenters. The fourth-order valence-electron chi connectivity index (χ4n) is 7.38. The normalized spacial score (nSPS) is 15.1. The standard InChI is InChI=1S/C50H68O10P2/c1-19-50(13,14)41-27-33(54-18)23-37(36-22-32(53-17)24-38(46(2,3)4)42(36)57-61-55-28-49(11,12)29-56-61)45(41)60-62-58-43-34(20-30(51-15)25-39(43)47(5,6)7)35-21-31(52-16)26-40(44(35)59-62)48(8,9)10/h20-27H,19,28-29H2,1-18H3. The van der Waals surface area contributed by atoms with E-state index >= 15 is 0 Å². The highest BCUT2D eigenvalue weighted by atomic mass is 31.2. The van der Waals surface area contributed by atoms with Crippen LogP contribution in [0.1, 0.15) is 126 Å². The van der Waals surface area contributed by atoms with Crippen molar-refractivity contribution in [1.29, 1.82) is 0 Å². The highest BCUT2D eigenvalue weighted by Gasteiger charge is 2.36. The van der Waals surface area contributed by atoms with E-state index in [1.165, 1.54) is 0 Å². The molecule has 1 fully saturated rings. The van der Waals surface area contributed by atoms with Crippen LogP contribution in [-0.2, 0) is 30.7 Å². The van der Waals surface area contributed by atoms with Crippen molar-refractivity contribution in [1.82, 2.24) is 0 Å². The highest BCUT2D eigenvalue weighted by molar-refractivity contribution is 7.42. The molecular weight excluding hydrogens is 822 g/mol. The van der Waals surface area contributed by atoms with Gasteiger partial charge in [0.05, 0.1) is 41.7 Å². The molecule has 2 heterocycles. The Bertz CT molecular complexity index is 2390. The Balaban J connectivity index is 1.78. The van der Waals surface area contributed by atoms with Crippen LogP contribution < -0.4 is 28.0 Å². The first-order valence-electron chi connectivity index (χ1n) is 21.3. The lowest BCUT2D eigenvalue weighted by molar-refractivity contribution is 0.0425. The second-order valence-electron chi connectivity index (χ2n) is 20.7. The second-order valence-corrected chi connectivity index (χ2v) is 22.9. The topological polar surface area (TPSA) is 100 Å². The van der Waals surface area contributed by atoms with Crippen molar-refractivity contribution in [2.45, 2.75) is 125 Å². The first-order chi connectivity index (χ1) is 28.8. The van der Waals surface area contributed by atoms with Crippen LogP contribution in [0.15, 0.2) is 56.9 Å². The number of hydrogen-bond donors (Lipinski definition) is 0. The molecule has 338 valence electrons. The lowest BCUT2D eigenvalue weighted by atomic mass is 9.79. The molecule has 6 rings (SSSR count). The molecule has 0 saturated carbocycles. The lowest BCUT2D eigenvalue weighted by Crippen LogP contribution is -2.29. The zero-order valence-corrected chi connectivity index (χ0v) is 42.0. The van der Waals surface area contributed by atoms with Crippen molar-refractivity contribution >= 4 is 38.8 Å². The van der Waals surface area contributed by atoms with E-state index in [9.17, 15) is 0 Å². The summed E-state index contributed by atoms with van der Waals surface area (Å²) in [5, 5.41) is 1.64. The Hall–Kier alpha value is -4.07. The van der Waals surface area contributed by atoms with Crippen molar-refractivity contribution < 1.29 is 45.4 Å². The lowest BCUT2D eigenvalue weighted by Gasteiger charge is -2.34. The molecule has 5 aromatic rings. The molecule has 1 aromatic heterocycles. The molecule has 1 aliphatic rings. The molecule has 1 saturated heterocycles. The van der Waals surface area contributed by atoms with Gasteiger partial charge in [0, 0.05) is 49.6 Å². The van der Waals surface area contributed by atoms with Crippen LogP contribution >= 0.6 is 16.8 Å². The minimum Gasteiger partial charge on any atom is -0.497 e. The third kappa shape index (κ3) is 9.84.